The summed E-state index contributed by atoms with van der Waals surface area (Å²) in [4.78, 5) is 14.2. The van der Waals surface area contributed by atoms with Crippen LogP contribution >= 0.6 is 24.8 Å². The topological polar surface area (TPSA) is 114 Å². The van der Waals surface area contributed by atoms with Crippen LogP contribution in [0.4, 0.5) is 11.8 Å². The molecular formula is C19H33Cl2N7O. The molecule has 2 saturated carbocycles. The van der Waals surface area contributed by atoms with Crippen molar-refractivity contribution in [2.24, 2.45) is 5.73 Å². The Morgan fingerprint density at radius 3 is 2.48 bits per heavy atom. The van der Waals surface area contributed by atoms with E-state index in [-0.39, 0.29) is 31.4 Å². The Morgan fingerprint density at radius 2 is 1.79 bits per heavy atom. The molecule has 164 valence electrons. The number of halogens is 2. The van der Waals surface area contributed by atoms with E-state index in [1.165, 1.54) is 25.7 Å². The number of aliphatic hydroxyl groups is 1. The van der Waals surface area contributed by atoms with Crippen molar-refractivity contribution >= 4 is 47.7 Å². The van der Waals surface area contributed by atoms with Crippen LogP contribution in [0.5, 0.6) is 0 Å². The molecule has 2 heterocycles. The Bertz CT molecular complexity index is 758. The summed E-state index contributed by atoms with van der Waals surface area (Å²) in [6.07, 6.45) is 11.7. The van der Waals surface area contributed by atoms with Crippen LogP contribution in [0, 0.1) is 0 Å². The van der Waals surface area contributed by atoms with E-state index in [0.717, 1.165) is 42.7 Å². The number of hydrogen-bond acceptors (Lipinski definition) is 7. The third-order valence-electron chi connectivity index (χ3n) is 5.87. The summed E-state index contributed by atoms with van der Waals surface area (Å²) in [5.74, 6) is 1.41. The SMILES string of the molecule is Cl.Cl.NC1CCC(Nc2nc(NCCCO)c3ncn(C4CCCC4)c3n2)CC1. The number of rotatable bonds is 7. The summed E-state index contributed by atoms with van der Waals surface area (Å²) in [5, 5.41) is 15.9. The van der Waals surface area contributed by atoms with Crippen LogP contribution in [0.25, 0.3) is 11.2 Å². The lowest BCUT2D eigenvalue weighted by atomic mass is 9.92. The molecule has 0 radical (unpaired) electrons. The van der Waals surface area contributed by atoms with Crippen LogP contribution in [0.2, 0.25) is 0 Å². The fourth-order valence-electron chi connectivity index (χ4n) is 4.29. The van der Waals surface area contributed by atoms with Crippen molar-refractivity contribution in [2.75, 3.05) is 23.8 Å². The Hall–Kier alpha value is -1.35. The lowest BCUT2D eigenvalue weighted by Gasteiger charge is -2.27. The summed E-state index contributed by atoms with van der Waals surface area (Å²) in [7, 11) is 0. The van der Waals surface area contributed by atoms with E-state index in [0.29, 0.717) is 37.0 Å². The van der Waals surface area contributed by atoms with E-state index >= 15 is 0 Å². The molecule has 10 heteroatoms. The lowest BCUT2D eigenvalue weighted by molar-refractivity contribution is 0.292. The van der Waals surface area contributed by atoms with Gasteiger partial charge in [-0.15, -0.1) is 24.8 Å². The quantitative estimate of drug-likeness (QED) is 0.483. The predicted octanol–water partition coefficient (Wildman–Crippen LogP) is 3.26. The number of fused-ring (bicyclic) bond motifs is 1. The molecule has 2 aromatic rings. The zero-order valence-corrected chi connectivity index (χ0v) is 18.4. The van der Waals surface area contributed by atoms with E-state index in [2.05, 4.69) is 20.2 Å². The molecule has 0 amide bonds. The molecule has 2 aromatic heterocycles. The number of hydrogen-bond donors (Lipinski definition) is 4. The van der Waals surface area contributed by atoms with Crippen LogP contribution < -0.4 is 16.4 Å². The fraction of sp³-hybridized carbons (Fsp3) is 0.737. The normalized spacial score (nSPS) is 22.1. The summed E-state index contributed by atoms with van der Waals surface area (Å²) in [6, 6.07) is 1.18. The van der Waals surface area contributed by atoms with Gasteiger partial charge in [0, 0.05) is 31.3 Å². The second kappa shape index (κ2) is 11.2. The average Bonchev–Trinajstić information content (AvgIpc) is 3.33. The minimum atomic E-state index is 0. The van der Waals surface area contributed by atoms with Gasteiger partial charge in [0.25, 0.3) is 0 Å². The maximum Gasteiger partial charge on any atom is 0.227 e. The van der Waals surface area contributed by atoms with Gasteiger partial charge in [0.2, 0.25) is 5.95 Å². The second-order valence-corrected chi connectivity index (χ2v) is 7.92. The molecule has 0 atom stereocenters. The number of nitrogens with one attached hydrogen (secondary N) is 2. The summed E-state index contributed by atoms with van der Waals surface area (Å²) in [5.41, 5.74) is 7.75. The fourth-order valence-corrected chi connectivity index (χ4v) is 4.29. The number of aromatic nitrogens is 4. The first-order valence-corrected chi connectivity index (χ1v) is 10.4. The highest BCUT2D eigenvalue weighted by Crippen LogP contribution is 2.33. The van der Waals surface area contributed by atoms with Gasteiger partial charge in [0.15, 0.2) is 17.0 Å². The van der Waals surface area contributed by atoms with Gasteiger partial charge in [-0.1, -0.05) is 12.8 Å². The molecule has 0 aliphatic heterocycles. The van der Waals surface area contributed by atoms with Crippen molar-refractivity contribution < 1.29 is 5.11 Å². The van der Waals surface area contributed by atoms with Gasteiger partial charge < -0.3 is 26.0 Å². The lowest BCUT2D eigenvalue weighted by Crippen LogP contribution is -2.33. The van der Waals surface area contributed by atoms with Crippen molar-refractivity contribution in [3.05, 3.63) is 6.33 Å². The average molecular weight is 446 g/mol. The predicted molar refractivity (Wildman–Crippen MR) is 121 cm³/mol. The van der Waals surface area contributed by atoms with E-state index in [9.17, 15) is 0 Å². The van der Waals surface area contributed by atoms with Gasteiger partial charge in [-0.2, -0.15) is 9.97 Å². The van der Waals surface area contributed by atoms with Crippen LogP contribution in [0.15, 0.2) is 6.33 Å². The van der Waals surface area contributed by atoms with Crippen LogP contribution in [0.3, 0.4) is 0 Å². The van der Waals surface area contributed by atoms with E-state index in [1.807, 2.05) is 6.33 Å². The summed E-state index contributed by atoms with van der Waals surface area (Å²) in [6.45, 7) is 0.821. The molecule has 0 aromatic carbocycles. The molecule has 2 aliphatic rings. The van der Waals surface area contributed by atoms with Gasteiger partial charge in [0.05, 0.1) is 6.33 Å². The molecule has 2 aliphatic carbocycles. The summed E-state index contributed by atoms with van der Waals surface area (Å²) >= 11 is 0. The molecule has 0 unspecified atom stereocenters. The third kappa shape index (κ3) is 5.63. The zero-order valence-electron chi connectivity index (χ0n) is 16.7. The third-order valence-corrected chi connectivity index (χ3v) is 5.87. The highest BCUT2D eigenvalue weighted by molar-refractivity contribution is 5.86. The van der Waals surface area contributed by atoms with Gasteiger partial charge in [-0.3, -0.25) is 0 Å². The second-order valence-electron chi connectivity index (χ2n) is 7.92. The van der Waals surface area contributed by atoms with Crippen molar-refractivity contribution in [2.45, 2.75) is 75.9 Å². The first-order chi connectivity index (χ1) is 13.2. The molecule has 4 rings (SSSR count). The van der Waals surface area contributed by atoms with Gasteiger partial charge >= 0.3 is 0 Å². The minimum absolute atomic E-state index is 0. The molecule has 29 heavy (non-hydrogen) atoms. The van der Waals surface area contributed by atoms with Crippen LogP contribution in [-0.4, -0.2) is 49.9 Å². The molecule has 8 nitrogen and oxygen atoms in total. The van der Waals surface area contributed by atoms with Gasteiger partial charge in [-0.05, 0) is 44.9 Å². The maximum atomic E-state index is 9.08. The van der Waals surface area contributed by atoms with Gasteiger partial charge in [0.1, 0.15) is 0 Å². The Balaban J connectivity index is 0.00000150. The molecule has 0 saturated heterocycles. The largest absolute Gasteiger partial charge is 0.396 e. The zero-order chi connectivity index (χ0) is 18.6. The number of nitrogens with two attached hydrogens (primary N) is 1. The highest BCUT2D eigenvalue weighted by atomic mass is 35.5. The van der Waals surface area contributed by atoms with E-state index < -0.39 is 0 Å². The van der Waals surface area contributed by atoms with Crippen molar-refractivity contribution in [3.8, 4) is 0 Å². The number of imidazole rings is 1. The van der Waals surface area contributed by atoms with Crippen LogP contribution in [0.1, 0.15) is 63.8 Å². The smallest absolute Gasteiger partial charge is 0.227 e. The standard InChI is InChI=1S/C19H31N7O.2ClH/c20-13-6-8-14(9-7-13)23-19-24-17(21-10-3-11-27)16-18(25-19)26(12-22-16)15-4-1-2-5-15;;/h12-15,27H,1-11,20H2,(H2,21,23,24,25);2*1H. The number of nitrogens with zero attached hydrogens (tertiary/aromatic N) is 4. The van der Waals surface area contributed by atoms with E-state index in [4.69, 9.17) is 20.8 Å². The van der Waals surface area contributed by atoms with Gasteiger partial charge in [-0.25, -0.2) is 4.98 Å². The summed E-state index contributed by atoms with van der Waals surface area (Å²) < 4.78 is 2.23. The van der Waals surface area contributed by atoms with Crippen molar-refractivity contribution in [3.63, 3.8) is 0 Å². The number of anilines is 2. The molecular weight excluding hydrogens is 413 g/mol. The Morgan fingerprint density at radius 1 is 1.07 bits per heavy atom. The molecule has 2 fully saturated rings. The molecule has 0 spiro atoms. The van der Waals surface area contributed by atoms with Crippen molar-refractivity contribution in [1.82, 2.24) is 19.5 Å². The first-order valence-electron chi connectivity index (χ1n) is 10.4. The first kappa shape index (κ1) is 23.9. The number of aliphatic hydroxyl groups excluding tert-OH is 1. The maximum absolute atomic E-state index is 9.08. The molecule has 0 bridgehead atoms. The van der Waals surface area contributed by atoms with E-state index in [1.54, 1.807) is 0 Å². The van der Waals surface area contributed by atoms with Crippen molar-refractivity contribution in [1.29, 1.82) is 0 Å². The Labute approximate surface area is 184 Å². The highest BCUT2D eigenvalue weighted by Gasteiger charge is 2.23. The Kier molecular flexibility index (Phi) is 9.20. The minimum Gasteiger partial charge on any atom is -0.396 e. The molecule has 5 N–H and O–H groups in total. The monoisotopic (exact) mass is 445 g/mol. The van der Waals surface area contributed by atoms with Crippen LogP contribution in [-0.2, 0) is 0 Å².